The van der Waals surface area contributed by atoms with Gasteiger partial charge in [-0.3, -0.25) is 0 Å². The lowest BCUT2D eigenvalue weighted by molar-refractivity contribution is 0.663. The van der Waals surface area contributed by atoms with Crippen LogP contribution in [0.15, 0.2) is 76.7 Å². The number of halogens is 1. The van der Waals surface area contributed by atoms with Gasteiger partial charge in [0.2, 0.25) is 0 Å². The summed E-state index contributed by atoms with van der Waals surface area (Å²) in [4.78, 5) is 9.63. The minimum absolute atomic E-state index is 0.529. The molecule has 0 amide bonds. The molecule has 2 heterocycles. The SMILES string of the molecule is C=C/C=C(\C=C)c1nc(C2=CCC(C)C=C2)c2oc3ccc(Br)cc3c2n1. The Morgan fingerprint density at radius 1 is 1.30 bits per heavy atom. The van der Waals surface area contributed by atoms with Crippen LogP contribution >= 0.6 is 15.9 Å². The lowest BCUT2D eigenvalue weighted by atomic mass is 9.96. The molecule has 0 saturated carbocycles. The van der Waals surface area contributed by atoms with Gasteiger partial charge in [-0.05, 0) is 36.1 Å². The number of aromatic nitrogens is 2. The minimum atomic E-state index is 0.529. The van der Waals surface area contributed by atoms with Crippen molar-refractivity contribution in [1.29, 1.82) is 0 Å². The van der Waals surface area contributed by atoms with Gasteiger partial charge in [-0.25, -0.2) is 9.97 Å². The zero-order valence-electron chi connectivity index (χ0n) is 15.1. The number of hydrogen-bond donors (Lipinski definition) is 0. The first-order chi connectivity index (χ1) is 13.1. The lowest BCUT2D eigenvalue weighted by Crippen LogP contribution is -2.01. The molecule has 1 aliphatic carbocycles. The van der Waals surface area contributed by atoms with Crippen molar-refractivity contribution >= 4 is 49.1 Å². The predicted molar refractivity (Wildman–Crippen MR) is 116 cm³/mol. The van der Waals surface area contributed by atoms with E-state index in [1.165, 1.54) is 0 Å². The van der Waals surface area contributed by atoms with Crippen molar-refractivity contribution in [1.82, 2.24) is 9.97 Å². The van der Waals surface area contributed by atoms with Gasteiger partial charge in [-0.15, -0.1) is 0 Å². The van der Waals surface area contributed by atoms with Gasteiger partial charge in [0.25, 0.3) is 0 Å². The van der Waals surface area contributed by atoms with Gasteiger partial charge >= 0.3 is 0 Å². The first-order valence-corrected chi connectivity index (χ1v) is 9.64. The molecule has 4 rings (SSSR count). The molecule has 0 radical (unpaired) electrons. The summed E-state index contributed by atoms with van der Waals surface area (Å²) in [5.74, 6) is 1.14. The molecular formula is C23H19BrN2O. The van der Waals surface area contributed by atoms with Crippen molar-refractivity contribution < 1.29 is 4.42 Å². The molecule has 0 fully saturated rings. The van der Waals surface area contributed by atoms with Gasteiger partial charge in [0, 0.05) is 15.4 Å². The summed E-state index contributed by atoms with van der Waals surface area (Å²) in [6, 6.07) is 5.94. The molecule has 1 unspecified atom stereocenters. The van der Waals surface area contributed by atoms with E-state index in [2.05, 4.69) is 54.2 Å². The molecule has 0 saturated heterocycles. The molecule has 1 aliphatic rings. The Morgan fingerprint density at radius 2 is 2.15 bits per heavy atom. The van der Waals surface area contributed by atoms with Gasteiger partial charge in [0.1, 0.15) is 16.8 Å². The summed E-state index contributed by atoms with van der Waals surface area (Å²) in [5, 5.41) is 0.958. The van der Waals surface area contributed by atoms with Gasteiger partial charge in [-0.1, -0.05) is 72.5 Å². The molecule has 0 bridgehead atoms. The van der Waals surface area contributed by atoms with Gasteiger partial charge in [-0.2, -0.15) is 0 Å². The van der Waals surface area contributed by atoms with Crippen LogP contribution in [-0.2, 0) is 0 Å². The molecular weight excluding hydrogens is 400 g/mol. The monoisotopic (exact) mass is 418 g/mol. The van der Waals surface area contributed by atoms with Gasteiger partial charge < -0.3 is 4.42 Å². The largest absolute Gasteiger partial charge is 0.452 e. The van der Waals surface area contributed by atoms with Crippen LogP contribution in [0.4, 0.5) is 0 Å². The summed E-state index contributed by atoms with van der Waals surface area (Å²) in [6.07, 6.45) is 12.8. The van der Waals surface area contributed by atoms with Gasteiger partial charge in [0.15, 0.2) is 11.4 Å². The molecule has 2 aromatic heterocycles. The Balaban J connectivity index is 2.06. The Morgan fingerprint density at radius 3 is 2.85 bits per heavy atom. The molecule has 0 N–H and O–H groups in total. The van der Waals surface area contributed by atoms with Crippen LogP contribution in [0.2, 0.25) is 0 Å². The normalized spacial score (nSPS) is 17.3. The molecule has 1 aromatic carbocycles. The molecule has 4 heteroatoms. The molecule has 3 nitrogen and oxygen atoms in total. The minimum Gasteiger partial charge on any atom is -0.452 e. The maximum absolute atomic E-state index is 6.16. The average Bonchev–Trinajstić information content (AvgIpc) is 3.04. The fourth-order valence-corrected chi connectivity index (χ4v) is 3.57. The van der Waals surface area contributed by atoms with Gasteiger partial charge in [0.05, 0.1) is 0 Å². The Labute approximate surface area is 166 Å². The van der Waals surface area contributed by atoms with Crippen molar-refractivity contribution in [2.45, 2.75) is 13.3 Å². The molecule has 0 aliphatic heterocycles. The third kappa shape index (κ3) is 3.21. The van der Waals surface area contributed by atoms with Crippen LogP contribution in [0.5, 0.6) is 0 Å². The van der Waals surface area contributed by atoms with E-state index in [0.29, 0.717) is 17.3 Å². The Kier molecular flexibility index (Phi) is 4.66. The van der Waals surface area contributed by atoms with Crippen molar-refractivity contribution in [2.24, 2.45) is 5.92 Å². The average molecular weight is 419 g/mol. The van der Waals surface area contributed by atoms with Crippen LogP contribution in [0.25, 0.3) is 33.2 Å². The van der Waals surface area contributed by atoms with Crippen molar-refractivity contribution in [3.05, 3.63) is 83.8 Å². The second-order valence-corrected chi connectivity index (χ2v) is 7.53. The summed E-state index contributed by atoms with van der Waals surface area (Å²) in [5.41, 5.74) is 4.99. The topological polar surface area (TPSA) is 38.9 Å². The highest BCUT2D eigenvalue weighted by atomic mass is 79.9. The molecule has 0 spiro atoms. The second-order valence-electron chi connectivity index (χ2n) is 6.61. The summed E-state index contributed by atoms with van der Waals surface area (Å²) >= 11 is 3.54. The third-order valence-electron chi connectivity index (χ3n) is 4.64. The number of furan rings is 1. The highest BCUT2D eigenvalue weighted by Crippen LogP contribution is 2.35. The van der Waals surface area contributed by atoms with E-state index in [1.807, 2.05) is 24.3 Å². The first kappa shape index (κ1) is 17.7. The summed E-state index contributed by atoms with van der Waals surface area (Å²) in [6.45, 7) is 9.88. The van der Waals surface area contributed by atoms with E-state index < -0.39 is 0 Å². The molecule has 1 atom stereocenters. The summed E-state index contributed by atoms with van der Waals surface area (Å²) < 4.78 is 7.14. The number of allylic oxidation sites excluding steroid dienone is 8. The molecule has 134 valence electrons. The molecule has 3 aromatic rings. The van der Waals surface area contributed by atoms with Crippen LogP contribution in [0.1, 0.15) is 24.9 Å². The summed E-state index contributed by atoms with van der Waals surface area (Å²) in [7, 11) is 0. The fraction of sp³-hybridized carbons (Fsp3) is 0.130. The zero-order valence-corrected chi connectivity index (χ0v) is 16.7. The number of fused-ring (bicyclic) bond motifs is 3. The number of nitrogens with zero attached hydrogens (tertiary/aromatic N) is 2. The lowest BCUT2D eigenvalue weighted by Gasteiger charge is -2.12. The zero-order chi connectivity index (χ0) is 19.0. The Bertz CT molecular complexity index is 1160. The van der Waals surface area contributed by atoms with Crippen LogP contribution in [-0.4, -0.2) is 9.97 Å². The molecule has 27 heavy (non-hydrogen) atoms. The van der Waals surface area contributed by atoms with E-state index >= 15 is 0 Å². The van der Waals surface area contributed by atoms with E-state index in [0.717, 1.165) is 44.2 Å². The number of benzene rings is 1. The van der Waals surface area contributed by atoms with Crippen LogP contribution in [0, 0.1) is 5.92 Å². The standard InChI is InChI=1S/C23H19BrN2O/c1-4-6-15(5-2)23-25-20(16-9-7-14(3)8-10-16)22-21(26-23)18-13-17(24)11-12-19(18)27-22/h4-7,9-14H,1-2,8H2,3H3/b15-6+. The number of hydrogen-bond acceptors (Lipinski definition) is 3. The highest BCUT2D eigenvalue weighted by molar-refractivity contribution is 9.10. The van der Waals surface area contributed by atoms with Crippen molar-refractivity contribution in [3.63, 3.8) is 0 Å². The maximum atomic E-state index is 6.16. The Hall–Kier alpha value is -2.72. The van der Waals surface area contributed by atoms with Crippen LogP contribution < -0.4 is 0 Å². The maximum Gasteiger partial charge on any atom is 0.180 e. The smallest absolute Gasteiger partial charge is 0.180 e. The first-order valence-electron chi connectivity index (χ1n) is 8.84. The quantitative estimate of drug-likeness (QED) is 0.433. The van der Waals surface area contributed by atoms with Crippen LogP contribution in [0.3, 0.4) is 0 Å². The fourth-order valence-electron chi connectivity index (χ4n) is 3.20. The van der Waals surface area contributed by atoms with E-state index in [1.54, 1.807) is 12.2 Å². The number of rotatable bonds is 4. The van der Waals surface area contributed by atoms with Crippen molar-refractivity contribution in [3.8, 4) is 0 Å². The second kappa shape index (κ2) is 7.12. The predicted octanol–water partition coefficient (Wildman–Crippen LogP) is 6.87. The van der Waals surface area contributed by atoms with E-state index in [-0.39, 0.29) is 0 Å². The third-order valence-corrected chi connectivity index (χ3v) is 5.13. The van der Waals surface area contributed by atoms with E-state index in [9.17, 15) is 0 Å². The van der Waals surface area contributed by atoms with E-state index in [4.69, 9.17) is 14.4 Å². The highest BCUT2D eigenvalue weighted by Gasteiger charge is 2.19. The van der Waals surface area contributed by atoms with Crippen molar-refractivity contribution in [2.75, 3.05) is 0 Å².